The van der Waals surface area contributed by atoms with Gasteiger partial charge in [0.2, 0.25) is 11.8 Å². The maximum atomic E-state index is 14.9. The fourth-order valence-electron chi connectivity index (χ4n) is 8.39. The molecule has 0 saturated carbocycles. The number of carbonyl (C=O) groups excluding carboxylic acids is 3. The van der Waals surface area contributed by atoms with Crippen molar-refractivity contribution < 1.29 is 29.0 Å². The van der Waals surface area contributed by atoms with Crippen molar-refractivity contribution in [3.05, 3.63) is 90.0 Å². The van der Waals surface area contributed by atoms with Gasteiger partial charge in [0.25, 0.3) is 5.91 Å². The lowest BCUT2D eigenvalue weighted by Crippen LogP contribution is -2.45. The zero-order valence-electron chi connectivity index (χ0n) is 27.6. The van der Waals surface area contributed by atoms with Gasteiger partial charge in [0.05, 0.1) is 42.3 Å². The van der Waals surface area contributed by atoms with E-state index in [-0.39, 0.29) is 36.8 Å². The van der Waals surface area contributed by atoms with Crippen molar-refractivity contribution in [2.45, 2.75) is 75.4 Å². The molecule has 7 rings (SSSR count). The second-order valence-corrected chi connectivity index (χ2v) is 17.9. The Morgan fingerprint density at radius 3 is 2.40 bits per heavy atom. The number of ether oxygens (including phenoxy) is 1. The van der Waals surface area contributed by atoms with Crippen LogP contribution >= 0.6 is 0 Å². The van der Waals surface area contributed by atoms with Gasteiger partial charge in [-0.15, -0.1) is 0 Å². The lowest BCUT2D eigenvalue weighted by molar-refractivity contribution is -0.149. The Labute approximate surface area is 281 Å². The predicted molar refractivity (Wildman–Crippen MR) is 185 cm³/mol. The Morgan fingerprint density at radius 1 is 1.00 bits per heavy atom. The standard InChI is InChI=1S/C37H42N4O6Si/c1-24-35(48(2,3)46)32(22-34(44)39-20-10-15-28(39)23-42)47-37(24)29-21-27(16-18-31(29)40(36(37)45)26-13-8-5-9-14-26)41-33(43)19-17-30(38-41)25-11-6-4-7-12-25/h4-9,11-14,16,18,21,24,28,32,35,42,46H,10,15,17,19-20,22-23H2,1-3H3/t24-,28-,32+,35-,37+/m0/s1. The molecule has 0 aromatic heterocycles. The van der Waals surface area contributed by atoms with Crippen molar-refractivity contribution in [1.29, 1.82) is 0 Å². The summed E-state index contributed by atoms with van der Waals surface area (Å²) in [4.78, 5) is 57.1. The van der Waals surface area contributed by atoms with Gasteiger partial charge in [0.15, 0.2) is 13.9 Å². The lowest BCUT2D eigenvalue weighted by atomic mass is 9.82. The molecule has 3 amide bonds. The summed E-state index contributed by atoms with van der Waals surface area (Å²) in [6, 6.07) is 24.4. The molecular formula is C37H42N4O6Si. The summed E-state index contributed by atoms with van der Waals surface area (Å²) in [6.45, 7) is 6.06. The molecule has 0 unspecified atom stereocenters. The van der Waals surface area contributed by atoms with E-state index in [1.54, 1.807) is 9.80 Å². The van der Waals surface area contributed by atoms with Crippen LogP contribution in [0.3, 0.4) is 0 Å². The van der Waals surface area contributed by atoms with Gasteiger partial charge in [0.1, 0.15) is 0 Å². The number of hydrogen-bond acceptors (Lipinski definition) is 7. The predicted octanol–water partition coefficient (Wildman–Crippen LogP) is 5.07. The summed E-state index contributed by atoms with van der Waals surface area (Å²) in [6.07, 6.45) is 1.64. The van der Waals surface area contributed by atoms with Gasteiger partial charge in [-0.3, -0.25) is 19.3 Å². The van der Waals surface area contributed by atoms with Gasteiger partial charge in [-0.05, 0) is 61.8 Å². The number of rotatable bonds is 7. The number of hydrazone groups is 1. The number of anilines is 3. The molecule has 4 heterocycles. The minimum absolute atomic E-state index is 0.00672. The Morgan fingerprint density at radius 2 is 1.71 bits per heavy atom. The molecule has 4 aliphatic heterocycles. The highest BCUT2D eigenvalue weighted by Gasteiger charge is 2.67. The first-order chi connectivity index (χ1) is 23.0. The summed E-state index contributed by atoms with van der Waals surface area (Å²) in [5.74, 6) is -1.09. The number of likely N-dealkylation sites (tertiary alicyclic amines) is 1. The van der Waals surface area contributed by atoms with Gasteiger partial charge >= 0.3 is 0 Å². The number of nitrogens with zero attached hydrogens (tertiary/aromatic N) is 4. The van der Waals surface area contributed by atoms with Crippen LogP contribution in [0.1, 0.15) is 50.2 Å². The van der Waals surface area contributed by atoms with Crippen molar-refractivity contribution in [2.24, 2.45) is 11.0 Å². The first kappa shape index (κ1) is 32.4. The molecular weight excluding hydrogens is 625 g/mol. The van der Waals surface area contributed by atoms with E-state index in [4.69, 9.17) is 9.84 Å². The van der Waals surface area contributed by atoms with E-state index in [1.807, 2.05) is 98.9 Å². The monoisotopic (exact) mass is 666 g/mol. The molecule has 250 valence electrons. The first-order valence-electron chi connectivity index (χ1n) is 16.8. The molecule has 2 saturated heterocycles. The van der Waals surface area contributed by atoms with Crippen LogP contribution in [-0.2, 0) is 24.7 Å². The van der Waals surface area contributed by atoms with Crippen LogP contribution in [0.25, 0.3) is 0 Å². The quantitative estimate of drug-likeness (QED) is 0.340. The third kappa shape index (κ3) is 5.29. The normalized spacial score (nSPS) is 27.2. The van der Waals surface area contributed by atoms with E-state index in [9.17, 15) is 24.3 Å². The number of aliphatic hydroxyl groups excluding tert-OH is 1. The molecule has 11 heteroatoms. The Kier molecular flexibility index (Phi) is 8.35. The second-order valence-electron chi connectivity index (χ2n) is 13.9. The second kappa shape index (κ2) is 12.4. The van der Waals surface area contributed by atoms with E-state index >= 15 is 0 Å². The highest BCUT2D eigenvalue weighted by Crippen LogP contribution is 2.61. The number of carbonyl (C=O) groups is 3. The maximum absolute atomic E-state index is 14.9. The molecule has 1 spiro atoms. The third-order valence-corrected chi connectivity index (χ3v) is 13.1. The van der Waals surface area contributed by atoms with Crippen LogP contribution in [0.5, 0.6) is 0 Å². The third-order valence-electron chi connectivity index (χ3n) is 10.6. The summed E-state index contributed by atoms with van der Waals surface area (Å²) in [7, 11) is -3.03. The zero-order valence-corrected chi connectivity index (χ0v) is 28.6. The van der Waals surface area contributed by atoms with Crippen molar-refractivity contribution in [3.8, 4) is 0 Å². The number of fused-ring (bicyclic) bond motifs is 2. The molecule has 2 fully saturated rings. The van der Waals surface area contributed by atoms with Crippen LogP contribution in [0, 0.1) is 5.92 Å². The van der Waals surface area contributed by atoms with Gasteiger partial charge < -0.3 is 19.5 Å². The molecule has 48 heavy (non-hydrogen) atoms. The molecule has 0 aliphatic carbocycles. The van der Waals surface area contributed by atoms with Crippen molar-refractivity contribution in [3.63, 3.8) is 0 Å². The van der Waals surface area contributed by atoms with Crippen LogP contribution < -0.4 is 9.91 Å². The van der Waals surface area contributed by atoms with Gasteiger partial charge in [-0.2, -0.15) is 5.10 Å². The van der Waals surface area contributed by atoms with Crippen LogP contribution in [0.15, 0.2) is 84.0 Å². The average molecular weight is 667 g/mol. The largest absolute Gasteiger partial charge is 0.432 e. The van der Waals surface area contributed by atoms with E-state index in [2.05, 4.69) is 0 Å². The number of aliphatic hydroxyl groups is 1. The van der Waals surface area contributed by atoms with E-state index in [0.717, 1.165) is 24.1 Å². The molecule has 0 bridgehead atoms. The molecule has 4 aliphatic rings. The Hall–Kier alpha value is -4.16. The van der Waals surface area contributed by atoms with E-state index in [1.165, 1.54) is 5.01 Å². The minimum Gasteiger partial charge on any atom is -0.432 e. The smallest absolute Gasteiger partial charge is 0.268 e. The topological polar surface area (TPSA) is 123 Å². The summed E-state index contributed by atoms with van der Waals surface area (Å²) in [5, 5.41) is 16.1. The summed E-state index contributed by atoms with van der Waals surface area (Å²) < 4.78 is 6.94. The highest BCUT2D eigenvalue weighted by molar-refractivity contribution is 6.71. The fraction of sp³-hybridized carbons (Fsp3) is 0.405. The maximum Gasteiger partial charge on any atom is 0.268 e. The summed E-state index contributed by atoms with van der Waals surface area (Å²) in [5.41, 5.74) is 2.17. The summed E-state index contributed by atoms with van der Waals surface area (Å²) >= 11 is 0. The number of para-hydroxylation sites is 1. The van der Waals surface area contributed by atoms with Gasteiger partial charge in [-0.1, -0.05) is 55.5 Å². The van der Waals surface area contributed by atoms with E-state index in [0.29, 0.717) is 42.0 Å². The molecule has 0 radical (unpaired) electrons. The van der Waals surface area contributed by atoms with Crippen molar-refractivity contribution >= 4 is 48.8 Å². The number of hydrogen-bond donors (Lipinski definition) is 2. The van der Waals surface area contributed by atoms with Crippen LogP contribution in [0.4, 0.5) is 17.1 Å². The Bertz CT molecular complexity index is 1760. The van der Waals surface area contributed by atoms with Crippen molar-refractivity contribution in [1.82, 2.24) is 4.90 Å². The molecule has 10 nitrogen and oxygen atoms in total. The number of amides is 3. The average Bonchev–Trinajstić information content (AvgIpc) is 3.75. The Balaban J connectivity index is 1.34. The molecule has 3 aromatic carbocycles. The van der Waals surface area contributed by atoms with Gasteiger partial charge in [0, 0.05) is 42.1 Å². The van der Waals surface area contributed by atoms with Crippen LogP contribution in [-0.4, -0.2) is 71.9 Å². The zero-order chi connectivity index (χ0) is 33.8. The van der Waals surface area contributed by atoms with Crippen molar-refractivity contribution in [2.75, 3.05) is 23.1 Å². The number of benzene rings is 3. The lowest BCUT2D eigenvalue weighted by Gasteiger charge is -2.33. The van der Waals surface area contributed by atoms with Gasteiger partial charge in [-0.25, -0.2) is 5.01 Å². The highest BCUT2D eigenvalue weighted by atomic mass is 28.4. The van der Waals surface area contributed by atoms with E-state index < -0.39 is 31.5 Å². The molecule has 2 N–H and O–H groups in total. The van der Waals surface area contributed by atoms with Crippen LogP contribution in [0.2, 0.25) is 18.6 Å². The minimum atomic E-state index is -3.03. The first-order valence-corrected chi connectivity index (χ1v) is 19.9. The molecule has 5 atom stereocenters. The SMILES string of the molecule is C[C@H]1[C@H]([Si](C)(C)O)[C@@H](CC(=O)N2CCC[C@H]2CO)O[C@]12C(=O)N(c1ccccc1)c1ccc(N3N=C(c4ccccc4)CCC3=O)cc12. The fourth-order valence-corrected chi connectivity index (χ4v) is 10.9. The molecule has 3 aromatic rings.